The van der Waals surface area contributed by atoms with Gasteiger partial charge in [-0.1, -0.05) is 29.6 Å². The largest absolute Gasteiger partial charge is 0.369 e. The van der Waals surface area contributed by atoms with E-state index >= 15 is 0 Å². The highest BCUT2D eigenvalue weighted by Gasteiger charge is 2.43. The van der Waals surface area contributed by atoms with Gasteiger partial charge in [-0.2, -0.15) is 4.99 Å². The third-order valence-corrected chi connectivity index (χ3v) is 4.96. The summed E-state index contributed by atoms with van der Waals surface area (Å²) in [6.45, 7) is 0. The first kappa shape index (κ1) is 15.4. The Morgan fingerprint density at radius 1 is 1.09 bits per heavy atom. The first-order chi connectivity index (χ1) is 10.4. The molecule has 1 fully saturated rings. The van der Waals surface area contributed by atoms with Crippen LogP contribution in [-0.2, 0) is 0 Å². The summed E-state index contributed by atoms with van der Waals surface area (Å²) in [4.78, 5) is 10.3. The summed E-state index contributed by atoms with van der Waals surface area (Å²) in [6.07, 6.45) is 4.66. The van der Waals surface area contributed by atoms with Crippen molar-refractivity contribution >= 4 is 40.8 Å². The minimum absolute atomic E-state index is 0.0976. The second-order valence-corrected chi connectivity index (χ2v) is 6.27. The molecule has 3 rings (SSSR count). The molecule has 1 heterocycles. The summed E-state index contributed by atoms with van der Waals surface area (Å²) in [7, 11) is 0. The summed E-state index contributed by atoms with van der Waals surface area (Å²) in [5.41, 5.74) is 11.8. The van der Waals surface area contributed by atoms with E-state index in [2.05, 4.69) is 9.98 Å². The fourth-order valence-corrected chi connectivity index (χ4v) is 3.56. The van der Waals surface area contributed by atoms with Gasteiger partial charge in [-0.15, -0.1) is 0 Å². The second-order valence-electron chi connectivity index (χ2n) is 5.51. The van der Waals surface area contributed by atoms with Crippen LogP contribution in [0.4, 0.5) is 10.1 Å². The molecule has 0 unspecified atom stereocenters. The summed E-state index contributed by atoms with van der Waals surface area (Å²) >= 11 is 12.2. The number of benzene rings is 1. The normalized spacial score (nSPS) is 20.8. The van der Waals surface area contributed by atoms with Gasteiger partial charge < -0.3 is 11.5 Å². The Balaban J connectivity index is 2.14. The van der Waals surface area contributed by atoms with Crippen molar-refractivity contribution in [3.63, 3.8) is 0 Å². The first-order valence-corrected chi connectivity index (χ1v) is 7.83. The molecule has 0 saturated heterocycles. The number of rotatable bonds is 1. The molecule has 22 heavy (non-hydrogen) atoms. The Kier molecular flexibility index (Phi) is 3.91. The lowest BCUT2D eigenvalue weighted by molar-refractivity contribution is 0.305. The second kappa shape index (κ2) is 5.59. The van der Waals surface area contributed by atoms with E-state index in [-0.39, 0.29) is 22.0 Å². The van der Waals surface area contributed by atoms with Crippen LogP contribution in [0.3, 0.4) is 0 Å². The molecule has 1 aliphatic heterocycles. The van der Waals surface area contributed by atoms with Crippen molar-refractivity contribution in [1.29, 1.82) is 0 Å². The summed E-state index contributed by atoms with van der Waals surface area (Å²) in [5, 5.41) is -0.0408. The standard InChI is InChI=1S/C14H16Cl2FN5/c15-10-8(17)4-5-9(11(10)16)22-13(19)20-12(18)21-14(22)6-2-1-3-7-14/h4-5H,1-3,6-7H2,(H4,18,19,20,21). The fourth-order valence-electron chi connectivity index (χ4n) is 3.16. The average Bonchev–Trinajstić information content (AvgIpc) is 2.47. The zero-order valence-corrected chi connectivity index (χ0v) is 13.3. The number of hydrogen-bond acceptors (Lipinski definition) is 5. The molecular weight excluding hydrogens is 328 g/mol. The van der Waals surface area contributed by atoms with E-state index in [1.165, 1.54) is 6.07 Å². The number of aliphatic imine (C=N–C) groups is 2. The molecule has 0 aromatic heterocycles. The predicted octanol–water partition coefficient (Wildman–Crippen LogP) is 3.24. The van der Waals surface area contributed by atoms with Crippen LogP contribution in [0, 0.1) is 5.82 Å². The summed E-state index contributed by atoms with van der Waals surface area (Å²) in [6, 6.07) is 2.80. The first-order valence-electron chi connectivity index (χ1n) is 7.08. The number of nitrogens with zero attached hydrogens (tertiary/aromatic N) is 3. The van der Waals surface area contributed by atoms with Crippen molar-refractivity contribution in [1.82, 2.24) is 0 Å². The van der Waals surface area contributed by atoms with Gasteiger partial charge >= 0.3 is 0 Å². The molecule has 0 bridgehead atoms. The number of guanidine groups is 2. The quantitative estimate of drug-likeness (QED) is 0.768. The van der Waals surface area contributed by atoms with Gasteiger partial charge in [0, 0.05) is 0 Å². The molecule has 0 radical (unpaired) electrons. The van der Waals surface area contributed by atoms with Gasteiger partial charge in [0.1, 0.15) is 11.5 Å². The maximum Gasteiger partial charge on any atom is 0.220 e. The summed E-state index contributed by atoms with van der Waals surface area (Å²) < 4.78 is 13.6. The molecule has 1 aromatic rings. The van der Waals surface area contributed by atoms with E-state index in [0.717, 1.165) is 32.1 Å². The number of anilines is 1. The number of halogens is 3. The maximum absolute atomic E-state index is 13.6. The van der Waals surface area contributed by atoms with E-state index in [1.807, 2.05) is 0 Å². The van der Waals surface area contributed by atoms with Crippen LogP contribution < -0.4 is 16.4 Å². The van der Waals surface area contributed by atoms with E-state index in [4.69, 9.17) is 34.7 Å². The fraction of sp³-hybridized carbons (Fsp3) is 0.429. The van der Waals surface area contributed by atoms with E-state index in [0.29, 0.717) is 5.69 Å². The molecule has 1 aromatic carbocycles. The molecule has 1 aliphatic carbocycles. The van der Waals surface area contributed by atoms with E-state index < -0.39 is 11.5 Å². The Hall–Kier alpha value is -1.53. The average molecular weight is 344 g/mol. The maximum atomic E-state index is 13.6. The topological polar surface area (TPSA) is 80.0 Å². The minimum atomic E-state index is -0.626. The lowest BCUT2D eigenvalue weighted by Crippen LogP contribution is -2.58. The van der Waals surface area contributed by atoms with Crippen LogP contribution >= 0.6 is 23.2 Å². The molecule has 4 N–H and O–H groups in total. The number of nitrogens with two attached hydrogens (primary N) is 2. The van der Waals surface area contributed by atoms with Crippen molar-refractivity contribution in [2.75, 3.05) is 4.90 Å². The predicted molar refractivity (Wildman–Crippen MR) is 88.0 cm³/mol. The van der Waals surface area contributed by atoms with E-state index in [1.54, 1.807) is 11.0 Å². The third kappa shape index (κ3) is 2.40. The van der Waals surface area contributed by atoms with Gasteiger partial charge in [0.15, 0.2) is 0 Å². The molecule has 8 heteroatoms. The molecule has 0 amide bonds. The van der Waals surface area contributed by atoms with Crippen LogP contribution in [0.2, 0.25) is 10.0 Å². The van der Waals surface area contributed by atoms with Crippen LogP contribution in [-0.4, -0.2) is 17.6 Å². The molecule has 1 saturated carbocycles. The monoisotopic (exact) mass is 343 g/mol. The van der Waals surface area contributed by atoms with Gasteiger partial charge in [0.25, 0.3) is 0 Å². The van der Waals surface area contributed by atoms with E-state index in [9.17, 15) is 4.39 Å². The highest BCUT2D eigenvalue weighted by atomic mass is 35.5. The van der Waals surface area contributed by atoms with Crippen molar-refractivity contribution in [3.8, 4) is 0 Å². The van der Waals surface area contributed by atoms with Gasteiger partial charge in [0.2, 0.25) is 11.9 Å². The highest BCUT2D eigenvalue weighted by Crippen LogP contribution is 2.43. The highest BCUT2D eigenvalue weighted by molar-refractivity contribution is 6.44. The van der Waals surface area contributed by atoms with Gasteiger partial charge in [-0.25, -0.2) is 9.38 Å². The zero-order valence-electron chi connectivity index (χ0n) is 11.8. The minimum Gasteiger partial charge on any atom is -0.369 e. The van der Waals surface area contributed by atoms with Gasteiger partial charge in [0.05, 0.1) is 15.7 Å². The molecule has 118 valence electrons. The molecule has 5 nitrogen and oxygen atoms in total. The van der Waals surface area contributed by atoms with Crippen molar-refractivity contribution < 1.29 is 4.39 Å². The molecule has 1 spiro atoms. The van der Waals surface area contributed by atoms with Crippen molar-refractivity contribution in [2.45, 2.75) is 37.8 Å². The number of hydrogen-bond donors (Lipinski definition) is 2. The molecular formula is C14H16Cl2FN5. The van der Waals surface area contributed by atoms with Crippen molar-refractivity contribution in [2.24, 2.45) is 21.5 Å². The lowest BCUT2D eigenvalue weighted by Gasteiger charge is -2.45. The Labute approximate surface area is 137 Å². The van der Waals surface area contributed by atoms with Gasteiger partial charge in [-0.3, -0.25) is 4.90 Å². The van der Waals surface area contributed by atoms with Crippen molar-refractivity contribution in [3.05, 3.63) is 28.0 Å². The Bertz CT molecular complexity index is 667. The SMILES string of the molecule is NC1=NC2(CCCCC2)N(c2ccc(F)c(Cl)c2Cl)C(N)=N1. The van der Waals surface area contributed by atoms with Crippen LogP contribution in [0.1, 0.15) is 32.1 Å². The Morgan fingerprint density at radius 2 is 1.77 bits per heavy atom. The third-order valence-electron chi connectivity index (χ3n) is 4.11. The molecule has 0 atom stereocenters. The van der Waals surface area contributed by atoms with Crippen LogP contribution in [0.15, 0.2) is 22.1 Å². The Morgan fingerprint density at radius 3 is 2.45 bits per heavy atom. The van der Waals surface area contributed by atoms with Gasteiger partial charge in [-0.05, 0) is 37.8 Å². The smallest absolute Gasteiger partial charge is 0.220 e. The van der Waals surface area contributed by atoms with Crippen LogP contribution in [0.25, 0.3) is 0 Å². The lowest BCUT2D eigenvalue weighted by atomic mass is 9.87. The zero-order chi connectivity index (χ0) is 15.9. The molecule has 2 aliphatic rings. The van der Waals surface area contributed by atoms with Crippen LogP contribution in [0.5, 0.6) is 0 Å². The summed E-state index contributed by atoms with van der Waals surface area (Å²) in [5.74, 6) is -0.234.